The molecule has 3 nitrogen and oxygen atoms in total. The maximum Gasteiger partial charge on any atom is 0.105 e. The fraction of sp³-hybridized carbons (Fsp3) is 0.500. The van der Waals surface area contributed by atoms with E-state index in [0.717, 1.165) is 24.0 Å². The van der Waals surface area contributed by atoms with Crippen LogP contribution in [0.25, 0.3) is 0 Å². The van der Waals surface area contributed by atoms with Gasteiger partial charge < -0.3 is 15.3 Å². The third-order valence-electron chi connectivity index (χ3n) is 2.39. The molecule has 60 valence electrons. The highest BCUT2D eigenvalue weighted by atomic mass is 16.3. The van der Waals surface area contributed by atoms with E-state index in [-0.39, 0.29) is 6.54 Å². The highest BCUT2D eigenvalue weighted by Crippen LogP contribution is 2.36. The first-order valence-corrected chi connectivity index (χ1v) is 3.74. The van der Waals surface area contributed by atoms with Crippen molar-refractivity contribution in [2.45, 2.75) is 18.4 Å². The molecule has 0 saturated carbocycles. The zero-order valence-corrected chi connectivity index (χ0v) is 6.21. The van der Waals surface area contributed by atoms with Crippen LogP contribution >= 0.6 is 0 Å². The highest BCUT2D eigenvalue weighted by molar-refractivity contribution is 5.33. The first kappa shape index (κ1) is 6.88. The zero-order valence-electron chi connectivity index (χ0n) is 6.21. The molecule has 11 heavy (non-hydrogen) atoms. The van der Waals surface area contributed by atoms with Crippen LogP contribution in [0.15, 0.2) is 16.9 Å². The van der Waals surface area contributed by atoms with E-state index in [2.05, 4.69) is 0 Å². The van der Waals surface area contributed by atoms with Crippen LogP contribution in [-0.4, -0.2) is 11.7 Å². The second kappa shape index (κ2) is 2.09. The Kier molecular flexibility index (Phi) is 1.31. The number of fused-ring (bicyclic) bond motifs is 1. The monoisotopic (exact) mass is 153 g/mol. The van der Waals surface area contributed by atoms with E-state index in [4.69, 9.17) is 10.2 Å². The van der Waals surface area contributed by atoms with E-state index in [1.54, 1.807) is 12.5 Å². The normalized spacial score (nSPS) is 28.9. The molecule has 1 aliphatic carbocycles. The van der Waals surface area contributed by atoms with Crippen LogP contribution in [0.4, 0.5) is 0 Å². The third kappa shape index (κ3) is 0.814. The second-order valence-corrected chi connectivity index (χ2v) is 3.05. The Morgan fingerprint density at radius 2 is 2.45 bits per heavy atom. The average Bonchev–Trinajstić information content (AvgIpc) is 2.55. The smallest absolute Gasteiger partial charge is 0.105 e. The molecule has 0 aliphatic heterocycles. The van der Waals surface area contributed by atoms with Crippen LogP contribution in [0.3, 0.4) is 0 Å². The molecule has 0 fully saturated rings. The molecular formula is C8H11NO2. The molecule has 0 radical (unpaired) electrons. The first-order chi connectivity index (χ1) is 5.26. The Balaban J connectivity index is 2.45. The Morgan fingerprint density at radius 3 is 3.18 bits per heavy atom. The molecular weight excluding hydrogens is 142 g/mol. The van der Waals surface area contributed by atoms with Gasteiger partial charge in [-0.15, -0.1) is 0 Å². The maximum atomic E-state index is 9.86. The maximum absolute atomic E-state index is 9.86. The largest absolute Gasteiger partial charge is 0.472 e. The van der Waals surface area contributed by atoms with Crippen molar-refractivity contribution < 1.29 is 9.52 Å². The summed E-state index contributed by atoms with van der Waals surface area (Å²) in [7, 11) is 0. The van der Waals surface area contributed by atoms with E-state index < -0.39 is 5.60 Å². The zero-order chi connectivity index (χ0) is 7.90. The van der Waals surface area contributed by atoms with Crippen LogP contribution < -0.4 is 5.73 Å². The van der Waals surface area contributed by atoms with Crippen molar-refractivity contribution in [3.63, 3.8) is 0 Å². The van der Waals surface area contributed by atoms with Gasteiger partial charge in [0.05, 0.1) is 12.5 Å². The summed E-state index contributed by atoms with van der Waals surface area (Å²) in [5, 5.41) is 9.86. The summed E-state index contributed by atoms with van der Waals surface area (Å²) in [5.74, 6) is 0. The van der Waals surface area contributed by atoms with Crippen LogP contribution in [0.1, 0.15) is 17.5 Å². The minimum absolute atomic E-state index is 0.277. The SMILES string of the molecule is NCC1(O)CCc2cocc21. The highest BCUT2D eigenvalue weighted by Gasteiger charge is 2.36. The number of nitrogens with two attached hydrogens (primary N) is 1. The molecule has 1 aliphatic rings. The molecule has 0 aromatic carbocycles. The Morgan fingerprint density at radius 1 is 1.64 bits per heavy atom. The van der Waals surface area contributed by atoms with E-state index in [9.17, 15) is 5.11 Å². The van der Waals surface area contributed by atoms with Gasteiger partial charge in [-0.3, -0.25) is 0 Å². The predicted octanol–water partition coefficient (Wildman–Crippen LogP) is 0.372. The third-order valence-corrected chi connectivity index (χ3v) is 2.39. The van der Waals surface area contributed by atoms with Crippen LogP contribution in [0, 0.1) is 0 Å². The Bertz CT molecular complexity index is 269. The summed E-state index contributed by atoms with van der Waals surface area (Å²) in [4.78, 5) is 0. The van der Waals surface area contributed by atoms with Gasteiger partial charge in [0.25, 0.3) is 0 Å². The number of rotatable bonds is 1. The van der Waals surface area contributed by atoms with E-state index >= 15 is 0 Å². The van der Waals surface area contributed by atoms with E-state index in [1.807, 2.05) is 0 Å². The molecule has 1 aromatic heterocycles. The molecule has 1 atom stereocenters. The van der Waals surface area contributed by atoms with Crippen LogP contribution in [0.5, 0.6) is 0 Å². The van der Waals surface area contributed by atoms with Gasteiger partial charge in [-0.1, -0.05) is 0 Å². The molecule has 0 spiro atoms. The Hall–Kier alpha value is -0.800. The van der Waals surface area contributed by atoms with Gasteiger partial charge in [0.2, 0.25) is 0 Å². The van der Waals surface area contributed by atoms with Gasteiger partial charge in [-0.05, 0) is 18.4 Å². The molecule has 0 bridgehead atoms. The molecule has 0 saturated heterocycles. The molecule has 1 unspecified atom stereocenters. The number of furan rings is 1. The predicted molar refractivity (Wildman–Crippen MR) is 40.0 cm³/mol. The minimum atomic E-state index is -0.817. The lowest BCUT2D eigenvalue weighted by atomic mass is 9.99. The average molecular weight is 153 g/mol. The van der Waals surface area contributed by atoms with Crippen molar-refractivity contribution in [3.05, 3.63) is 23.7 Å². The molecule has 2 rings (SSSR count). The summed E-state index contributed by atoms with van der Waals surface area (Å²) < 4.78 is 4.97. The van der Waals surface area contributed by atoms with Gasteiger partial charge in [-0.25, -0.2) is 0 Å². The molecule has 0 amide bonds. The van der Waals surface area contributed by atoms with Crippen molar-refractivity contribution in [2.24, 2.45) is 5.73 Å². The lowest BCUT2D eigenvalue weighted by Crippen LogP contribution is -2.31. The minimum Gasteiger partial charge on any atom is -0.472 e. The number of hydrogen-bond donors (Lipinski definition) is 2. The van der Waals surface area contributed by atoms with Crippen molar-refractivity contribution >= 4 is 0 Å². The first-order valence-electron chi connectivity index (χ1n) is 3.74. The molecule has 3 heteroatoms. The summed E-state index contributed by atoms with van der Waals surface area (Å²) in [6.45, 7) is 0.277. The van der Waals surface area contributed by atoms with Gasteiger partial charge in [0.1, 0.15) is 5.60 Å². The Labute approximate surface area is 64.8 Å². The summed E-state index contributed by atoms with van der Waals surface area (Å²) in [6, 6.07) is 0. The fourth-order valence-corrected chi connectivity index (χ4v) is 1.61. The quantitative estimate of drug-likeness (QED) is 0.613. The van der Waals surface area contributed by atoms with Crippen molar-refractivity contribution in [3.8, 4) is 0 Å². The summed E-state index contributed by atoms with van der Waals surface area (Å²) in [6.07, 6.45) is 4.88. The van der Waals surface area contributed by atoms with Gasteiger partial charge in [0.15, 0.2) is 0 Å². The number of aryl methyl sites for hydroxylation is 1. The van der Waals surface area contributed by atoms with E-state index in [0.29, 0.717) is 0 Å². The standard InChI is InChI=1S/C8H11NO2/c9-5-8(10)2-1-6-3-11-4-7(6)8/h3-4,10H,1-2,5,9H2. The second-order valence-electron chi connectivity index (χ2n) is 3.05. The van der Waals surface area contributed by atoms with Crippen molar-refractivity contribution in [1.29, 1.82) is 0 Å². The summed E-state index contributed by atoms with van der Waals surface area (Å²) >= 11 is 0. The van der Waals surface area contributed by atoms with Crippen molar-refractivity contribution in [1.82, 2.24) is 0 Å². The molecule has 3 N–H and O–H groups in total. The lowest BCUT2D eigenvalue weighted by molar-refractivity contribution is 0.0468. The summed E-state index contributed by atoms with van der Waals surface area (Å²) in [5.41, 5.74) is 6.60. The molecule has 1 aromatic rings. The van der Waals surface area contributed by atoms with Crippen molar-refractivity contribution in [2.75, 3.05) is 6.54 Å². The van der Waals surface area contributed by atoms with Gasteiger partial charge in [0, 0.05) is 12.1 Å². The van der Waals surface area contributed by atoms with Gasteiger partial charge in [-0.2, -0.15) is 0 Å². The van der Waals surface area contributed by atoms with Crippen LogP contribution in [0.2, 0.25) is 0 Å². The fourth-order valence-electron chi connectivity index (χ4n) is 1.61. The van der Waals surface area contributed by atoms with Gasteiger partial charge >= 0.3 is 0 Å². The van der Waals surface area contributed by atoms with Crippen LogP contribution in [-0.2, 0) is 12.0 Å². The topological polar surface area (TPSA) is 59.4 Å². The lowest BCUT2D eigenvalue weighted by Gasteiger charge is -2.19. The molecule has 1 heterocycles. The number of aliphatic hydroxyl groups is 1. The number of hydrogen-bond acceptors (Lipinski definition) is 3. The van der Waals surface area contributed by atoms with E-state index in [1.165, 1.54) is 0 Å².